The number of rotatable bonds is 1. The molecule has 96 valence electrons. The molecule has 1 amide bonds. The molecule has 1 fully saturated rings. The van der Waals surface area contributed by atoms with Gasteiger partial charge >= 0.3 is 0 Å². The molecule has 1 N–H and O–H groups in total. The second-order valence-electron chi connectivity index (χ2n) is 5.00. The molecule has 1 aromatic rings. The van der Waals surface area contributed by atoms with Crippen LogP contribution in [-0.2, 0) is 6.42 Å². The molecule has 0 saturated carbocycles. The first-order valence-electron chi connectivity index (χ1n) is 6.40. The number of hydrogen-bond donors (Lipinski definition) is 1. The number of benzene rings is 1. The summed E-state index contributed by atoms with van der Waals surface area (Å²) in [6.07, 6.45) is 0.888. The molecule has 3 rings (SSSR count). The Labute approximate surface area is 107 Å². The van der Waals surface area contributed by atoms with Crippen LogP contribution in [0.5, 0.6) is 5.75 Å². The van der Waals surface area contributed by atoms with Crippen LogP contribution in [0.3, 0.4) is 0 Å². The van der Waals surface area contributed by atoms with Crippen LogP contribution in [0.1, 0.15) is 21.5 Å². The molecule has 4 nitrogen and oxygen atoms in total. The predicted octanol–water partition coefficient (Wildman–Crippen LogP) is 0.974. The highest BCUT2D eigenvalue weighted by Crippen LogP contribution is 2.33. The van der Waals surface area contributed by atoms with Crippen LogP contribution in [0, 0.1) is 6.92 Å². The summed E-state index contributed by atoms with van der Waals surface area (Å²) in [6, 6.07) is 4.21. The number of amides is 1. The van der Waals surface area contributed by atoms with Crippen molar-refractivity contribution in [1.29, 1.82) is 0 Å². The lowest BCUT2D eigenvalue weighted by Crippen LogP contribution is -2.57. The van der Waals surface area contributed by atoms with Gasteiger partial charge in [-0.25, -0.2) is 0 Å². The van der Waals surface area contributed by atoms with Gasteiger partial charge in [-0.1, -0.05) is 6.07 Å². The lowest BCUT2D eigenvalue weighted by atomic mass is 9.88. The zero-order valence-corrected chi connectivity index (χ0v) is 10.8. The summed E-state index contributed by atoms with van der Waals surface area (Å²) in [5.74, 6) is 1.01. The third-order valence-electron chi connectivity index (χ3n) is 3.96. The lowest BCUT2D eigenvalue weighted by molar-refractivity contribution is 0.0603. The van der Waals surface area contributed by atoms with E-state index in [2.05, 4.69) is 5.32 Å². The molecule has 0 aliphatic carbocycles. The summed E-state index contributed by atoms with van der Waals surface area (Å²) in [4.78, 5) is 14.6. The van der Waals surface area contributed by atoms with Gasteiger partial charge in [-0.05, 0) is 25.0 Å². The van der Waals surface area contributed by atoms with E-state index in [1.54, 1.807) is 7.11 Å². The van der Waals surface area contributed by atoms with E-state index < -0.39 is 0 Å². The fourth-order valence-electron chi connectivity index (χ4n) is 3.03. The summed E-state index contributed by atoms with van der Waals surface area (Å²) in [5, 5.41) is 3.35. The van der Waals surface area contributed by atoms with Gasteiger partial charge in [0.1, 0.15) is 5.75 Å². The Kier molecular flexibility index (Phi) is 2.74. The highest BCUT2D eigenvalue weighted by atomic mass is 16.5. The van der Waals surface area contributed by atoms with Gasteiger partial charge in [-0.3, -0.25) is 4.79 Å². The minimum Gasteiger partial charge on any atom is -0.496 e. The number of piperazine rings is 1. The molecule has 0 radical (unpaired) electrons. The van der Waals surface area contributed by atoms with E-state index in [0.29, 0.717) is 0 Å². The Hall–Kier alpha value is -1.55. The molecule has 0 aromatic heterocycles. The second-order valence-corrected chi connectivity index (χ2v) is 5.00. The second kappa shape index (κ2) is 4.28. The zero-order chi connectivity index (χ0) is 12.7. The Morgan fingerprint density at radius 3 is 3.06 bits per heavy atom. The molecule has 0 bridgehead atoms. The van der Waals surface area contributed by atoms with Crippen molar-refractivity contribution in [2.75, 3.05) is 26.7 Å². The van der Waals surface area contributed by atoms with Crippen LogP contribution in [0.15, 0.2) is 12.1 Å². The van der Waals surface area contributed by atoms with E-state index in [-0.39, 0.29) is 11.9 Å². The first-order chi connectivity index (χ1) is 8.72. The first kappa shape index (κ1) is 11.5. The largest absolute Gasteiger partial charge is 0.496 e. The van der Waals surface area contributed by atoms with Crippen LogP contribution < -0.4 is 10.1 Å². The molecule has 1 saturated heterocycles. The van der Waals surface area contributed by atoms with Crippen molar-refractivity contribution in [1.82, 2.24) is 10.2 Å². The van der Waals surface area contributed by atoms with Gasteiger partial charge in [0.15, 0.2) is 0 Å². The molecular formula is C14H18N2O2. The van der Waals surface area contributed by atoms with Gasteiger partial charge < -0.3 is 15.0 Å². The summed E-state index contributed by atoms with van der Waals surface area (Å²) in [6.45, 7) is 4.57. The van der Waals surface area contributed by atoms with Crippen LogP contribution in [0.2, 0.25) is 0 Å². The standard InChI is InChI=1S/C14H18N2O2/c1-9-3-4-12(18-2)11-7-10-8-15-5-6-16(10)14(17)13(9)11/h3-4,10,15H,5-8H2,1-2H3/t10-/m1/s1. The van der Waals surface area contributed by atoms with E-state index in [9.17, 15) is 4.79 Å². The van der Waals surface area contributed by atoms with Crippen molar-refractivity contribution in [3.63, 3.8) is 0 Å². The number of aryl methyl sites for hydroxylation is 1. The molecule has 0 unspecified atom stereocenters. The van der Waals surface area contributed by atoms with Gasteiger partial charge in [-0.2, -0.15) is 0 Å². The maximum Gasteiger partial charge on any atom is 0.254 e. The van der Waals surface area contributed by atoms with Crippen molar-refractivity contribution in [3.05, 3.63) is 28.8 Å². The van der Waals surface area contributed by atoms with Crippen molar-refractivity contribution in [2.45, 2.75) is 19.4 Å². The van der Waals surface area contributed by atoms with Crippen molar-refractivity contribution < 1.29 is 9.53 Å². The molecule has 2 aliphatic heterocycles. The number of nitrogens with zero attached hydrogens (tertiary/aromatic N) is 1. The van der Waals surface area contributed by atoms with Gasteiger partial charge in [-0.15, -0.1) is 0 Å². The van der Waals surface area contributed by atoms with E-state index in [1.165, 1.54) is 0 Å². The summed E-state index contributed by atoms with van der Waals surface area (Å²) in [7, 11) is 1.67. The van der Waals surface area contributed by atoms with E-state index in [1.807, 2.05) is 24.0 Å². The summed E-state index contributed by atoms with van der Waals surface area (Å²) in [5.41, 5.74) is 2.98. The molecule has 0 spiro atoms. The minimum atomic E-state index is 0.166. The molecule has 2 heterocycles. The maximum atomic E-state index is 12.6. The average Bonchev–Trinajstić information content (AvgIpc) is 2.39. The zero-order valence-electron chi connectivity index (χ0n) is 10.8. The van der Waals surface area contributed by atoms with Crippen LogP contribution in [0.25, 0.3) is 0 Å². The van der Waals surface area contributed by atoms with E-state index >= 15 is 0 Å². The Morgan fingerprint density at radius 1 is 1.44 bits per heavy atom. The maximum absolute atomic E-state index is 12.6. The molecular weight excluding hydrogens is 228 g/mol. The lowest BCUT2D eigenvalue weighted by Gasteiger charge is -2.41. The minimum absolute atomic E-state index is 0.166. The molecule has 18 heavy (non-hydrogen) atoms. The van der Waals surface area contributed by atoms with Gasteiger partial charge in [0.05, 0.1) is 7.11 Å². The van der Waals surface area contributed by atoms with Crippen molar-refractivity contribution in [3.8, 4) is 5.75 Å². The predicted molar refractivity (Wildman–Crippen MR) is 69.1 cm³/mol. The normalized spacial score (nSPS) is 22.4. The highest BCUT2D eigenvalue weighted by Gasteiger charge is 2.36. The molecule has 4 heteroatoms. The van der Waals surface area contributed by atoms with E-state index in [0.717, 1.165) is 48.5 Å². The fourth-order valence-corrected chi connectivity index (χ4v) is 3.03. The van der Waals surface area contributed by atoms with Crippen molar-refractivity contribution in [2.24, 2.45) is 0 Å². The number of carbonyl (C=O) groups excluding carboxylic acids is 1. The Balaban J connectivity index is 2.11. The van der Waals surface area contributed by atoms with Gasteiger partial charge in [0.25, 0.3) is 5.91 Å². The summed E-state index contributed by atoms with van der Waals surface area (Å²) < 4.78 is 5.40. The fraction of sp³-hybridized carbons (Fsp3) is 0.500. The molecule has 1 aromatic carbocycles. The van der Waals surface area contributed by atoms with Crippen LogP contribution in [-0.4, -0.2) is 43.6 Å². The van der Waals surface area contributed by atoms with Crippen molar-refractivity contribution >= 4 is 5.91 Å². The van der Waals surface area contributed by atoms with E-state index in [4.69, 9.17) is 4.74 Å². The average molecular weight is 246 g/mol. The quantitative estimate of drug-likeness (QED) is 0.803. The van der Waals surface area contributed by atoms with Gasteiger partial charge in [0.2, 0.25) is 0 Å². The smallest absolute Gasteiger partial charge is 0.254 e. The van der Waals surface area contributed by atoms with Crippen LogP contribution in [0.4, 0.5) is 0 Å². The summed E-state index contributed by atoms with van der Waals surface area (Å²) >= 11 is 0. The van der Waals surface area contributed by atoms with Crippen LogP contribution >= 0.6 is 0 Å². The molecule has 1 atom stereocenters. The number of methoxy groups -OCH3 is 1. The third-order valence-corrected chi connectivity index (χ3v) is 3.96. The number of fused-ring (bicyclic) bond motifs is 2. The monoisotopic (exact) mass is 246 g/mol. The number of hydrogen-bond acceptors (Lipinski definition) is 3. The Bertz CT molecular complexity index is 499. The number of nitrogens with one attached hydrogen (secondary N) is 1. The Morgan fingerprint density at radius 2 is 2.28 bits per heavy atom. The SMILES string of the molecule is COc1ccc(C)c2c1C[C@@H]1CNCCN1C2=O. The first-order valence-corrected chi connectivity index (χ1v) is 6.40. The van der Waals surface area contributed by atoms with Gasteiger partial charge in [0, 0.05) is 36.8 Å². The number of ether oxygens (including phenoxy) is 1. The number of carbonyl (C=O) groups is 1. The third kappa shape index (κ3) is 1.60. The highest BCUT2D eigenvalue weighted by molar-refractivity contribution is 5.99. The molecule has 2 aliphatic rings. The topological polar surface area (TPSA) is 41.6 Å².